The molecule has 2 rings (SSSR count). The predicted octanol–water partition coefficient (Wildman–Crippen LogP) is 2.88. The lowest BCUT2D eigenvalue weighted by molar-refractivity contribution is 0.177. The second-order valence-corrected chi connectivity index (χ2v) is 4.89. The maximum atomic E-state index is 9.33. The zero-order chi connectivity index (χ0) is 13.8. The van der Waals surface area contributed by atoms with Gasteiger partial charge in [-0.2, -0.15) is 5.10 Å². The van der Waals surface area contributed by atoms with Crippen LogP contribution in [0.15, 0.2) is 24.3 Å². The van der Waals surface area contributed by atoms with Gasteiger partial charge in [0.2, 0.25) is 0 Å². The summed E-state index contributed by atoms with van der Waals surface area (Å²) in [5, 5.41) is 14.8. The third kappa shape index (κ3) is 3.28. The predicted molar refractivity (Wildman–Crippen MR) is 74.4 cm³/mol. The number of hydrogen-bond donors (Lipinski definition) is 1. The average molecular weight is 301 g/mol. The molecule has 0 unspecified atom stereocenters. The van der Waals surface area contributed by atoms with Crippen molar-refractivity contribution in [2.75, 3.05) is 7.11 Å². The SMILES string of the molecule is COCc1nn(Cc2ccc(Cl)cc2)c(Cl)c1CO. The molecule has 0 spiro atoms. The lowest BCUT2D eigenvalue weighted by atomic mass is 10.2. The van der Waals surface area contributed by atoms with Gasteiger partial charge in [0.15, 0.2) is 0 Å². The van der Waals surface area contributed by atoms with Gasteiger partial charge in [-0.05, 0) is 17.7 Å². The minimum absolute atomic E-state index is 0.155. The van der Waals surface area contributed by atoms with E-state index in [9.17, 15) is 5.11 Å². The van der Waals surface area contributed by atoms with Crippen molar-refractivity contribution < 1.29 is 9.84 Å². The molecule has 0 aliphatic carbocycles. The van der Waals surface area contributed by atoms with Gasteiger partial charge < -0.3 is 9.84 Å². The summed E-state index contributed by atoms with van der Waals surface area (Å²) in [6.45, 7) is 0.689. The quantitative estimate of drug-likeness (QED) is 0.923. The van der Waals surface area contributed by atoms with E-state index in [1.54, 1.807) is 11.8 Å². The van der Waals surface area contributed by atoms with E-state index in [4.69, 9.17) is 27.9 Å². The molecule has 4 nitrogen and oxygen atoms in total. The van der Waals surface area contributed by atoms with Gasteiger partial charge in [-0.3, -0.25) is 0 Å². The molecule has 0 saturated heterocycles. The Kier molecular flexibility index (Phi) is 4.82. The molecule has 6 heteroatoms. The molecule has 102 valence electrons. The highest BCUT2D eigenvalue weighted by atomic mass is 35.5. The van der Waals surface area contributed by atoms with Crippen LogP contribution in [0.3, 0.4) is 0 Å². The Morgan fingerprint density at radius 1 is 1.26 bits per heavy atom. The van der Waals surface area contributed by atoms with Crippen molar-refractivity contribution in [3.8, 4) is 0 Å². The summed E-state index contributed by atoms with van der Waals surface area (Å²) >= 11 is 12.0. The highest BCUT2D eigenvalue weighted by Gasteiger charge is 2.15. The van der Waals surface area contributed by atoms with Crippen LogP contribution in [0.2, 0.25) is 10.2 Å². The summed E-state index contributed by atoms with van der Waals surface area (Å²) in [6.07, 6.45) is 0. The number of halogens is 2. The number of aromatic nitrogens is 2. The first-order valence-corrected chi connectivity index (χ1v) is 6.49. The van der Waals surface area contributed by atoms with Crippen LogP contribution in [0.25, 0.3) is 0 Å². The molecule has 1 N–H and O–H groups in total. The highest BCUT2D eigenvalue weighted by molar-refractivity contribution is 6.30. The number of hydrogen-bond acceptors (Lipinski definition) is 3. The van der Waals surface area contributed by atoms with Crippen molar-refractivity contribution in [1.29, 1.82) is 0 Å². The van der Waals surface area contributed by atoms with Crippen molar-refractivity contribution in [3.05, 3.63) is 51.3 Å². The minimum atomic E-state index is -0.155. The van der Waals surface area contributed by atoms with Gasteiger partial charge in [-0.15, -0.1) is 0 Å². The number of nitrogens with zero attached hydrogens (tertiary/aromatic N) is 2. The van der Waals surface area contributed by atoms with E-state index in [0.29, 0.717) is 34.6 Å². The minimum Gasteiger partial charge on any atom is -0.391 e. The van der Waals surface area contributed by atoms with Crippen LogP contribution in [0.5, 0.6) is 0 Å². The van der Waals surface area contributed by atoms with Crippen molar-refractivity contribution in [1.82, 2.24) is 9.78 Å². The fourth-order valence-corrected chi connectivity index (χ4v) is 2.19. The standard InChI is InChI=1S/C13H14Cl2N2O2/c1-19-8-12-11(7-18)13(15)17(16-12)6-9-2-4-10(14)5-3-9/h2-5,18H,6-8H2,1H3. The molecule has 1 aromatic heterocycles. The van der Waals surface area contributed by atoms with Crippen molar-refractivity contribution >= 4 is 23.2 Å². The molecule has 1 aromatic carbocycles. The first kappa shape index (κ1) is 14.3. The van der Waals surface area contributed by atoms with Crippen molar-refractivity contribution in [3.63, 3.8) is 0 Å². The molecule has 0 bridgehead atoms. The van der Waals surface area contributed by atoms with Gasteiger partial charge in [0.1, 0.15) is 5.15 Å². The summed E-state index contributed by atoms with van der Waals surface area (Å²) in [4.78, 5) is 0. The molecular weight excluding hydrogens is 287 g/mol. The van der Waals surface area contributed by atoms with E-state index in [0.717, 1.165) is 5.56 Å². The summed E-state index contributed by atoms with van der Waals surface area (Å²) < 4.78 is 6.69. The van der Waals surface area contributed by atoms with E-state index in [-0.39, 0.29) is 6.61 Å². The van der Waals surface area contributed by atoms with Gasteiger partial charge in [0, 0.05) is 17.7 Å². The Labute approximate surface area is 121 Å². The number of benzene rings is 1. The van der Waals surface area contributed by atoms with Gasteiger partial charge in [0.25, 0.3) is 0 Å². The third-order valence-corrected chi connectivity index (χ3v) is 3.43. The molecule has 19 heavy (non-hydrogen) atoms. The Balaban J connectivity index is 2.27. The molecule has 0 saturated carbocycles. The summed E-state index contributed by atoms with van der Waals surface area (Å²) in [7, 11) is 1.58. The molecule has 0 aliphatic rings. The molecule has 0 atom stereocenters. The van der Waals surface area contributed by atoms with E-state index in [2.05, 4.69) is 5.10 Å². The molecule has 0 aliphatic heterocycles. The third-order valence-electron chi connectivity index (χ3n) is 2.75. The number of aliphatic hydroxyl groups excluding tert-OH is 1. The lowest BCUT2D eigenvalue weighted by Crippen LogP contribution is -2.02. The van der Waals surface area contributed by atoms with Crippen LogP contribution in [-0.4, -0.2) is 22.0 Å². The van der Waals surface area contributed by atoms with Gasteiger partial charge >= 0.3 is 0 Å². The Morgan fingerprint density at radius 2 is 1.95 bits per heavy atom. The van der Waals surface area contributed by atoms with Crippen LogP contribution in [0.1, 0.15) is 16.8 Å². The maximum Gasteiger partial charge on any atom is 0.133 e. The highest BCUT2D eigenvalue weighted by Crippen LogP contribution is 2.22. The lowest BCUT2D eigenvalue weighted by Gasteiger charge is -2.03. The van der Waals surface area contributed by atoms with E-state index >= 15 is 0 Å². The Morgan fingerprint density at radius 3 is 2.53 bits per heavy atom. The smallest absolute Gasteiger partial charge is 0.133 e. The second-order valence-electron chi connectivity index (χ2n) is 4.09. The zero-order valence-corrected chi connectivity index (χ0v) is 11.9. The monoisotopic (exact) mass is 300 g/mol. The summed E-state index contributed by atoms with van der Waals surface area (Å²) in [5.74, 6) is 0. The number of rotatable bonds is 5. The average Bonchev–Trinajstić information content (AvgIpc) is 2.69. The topological polar surface area (TPSA) is 47.3 Å². The van der Waals surface area contributed by atoms with E-state index in [1.165, 1.54) is 0 Å². The Hall–Kier alpha value is -1.07. The fourth-order valence-electron chi connectivity index (χ4n) is 1.80. The molecule has 0 fully saturated rings. The summed E-state index contributed by atoms with van der Waals surface area (Å²) in [6, 6.07) is 7.46. The van der Waals surface area contributed by atoms with Crippen molar-refractivity contribution in [2.24, 2.45) is 0 Å². The normalized spacial score (nSPS) is 10.9. The maximum absolute atomic E-state index is 9.33. The number of ether oxygens (including phenoxy) is 1. The largest absolute Gasteiger partial charge is 0.391 e. The Bertz CT molecular complexity index is 553. The first-order chi connectivity index (χ1) is 9.15. The van der Waals surface area contributed by atoms with Crippen LogP contribution in [-0.2, 0) is 24.5 Å². The molecule has 0 amide bonds. The van der Waals surface area contributed by atoms with Gasteiger partial charge in [0.05, 0.1) is 25.5 Å². The van der Waals surface area contributed by atoms with Crippen LogP contribution in [0.4, 0.5) is 0 Å². The molecule has 1 heterocycles. The van der Waals surface area contributed by atoms with E-state index in [1.807, 2.05) is 24.3 Å². The number of methoxy groups -OCH3 is 1. The van der Waals surface area contributed by atoms with Gasteiger partial charge in [-0.1, -0.05) is 35.3 Å². The molecular formula is C13H14Cl2N2O2. The summed E-state index contributed by atoms with van der Waals surface area (Å²) in [5.41, 5.74) is 2.30. The molecule has 2 aromatic rings. The molecule has 0 radical (unpaired) electrons. The van der Waals surface area contributed by atoms with Crippen molar-refractivity contribution in [2.45, 2.75) is 19.8 Å². The first-order valence-electron chi connectivity index (χ1n) is 5.74. The zero-order valence-electron chi connectivity index (χ0n) is 10.4. The fraction of sp³-hybridized carbons (Fsp3) is 0.308. The van der Waals surface area contributed by atoms with Gasteiger partial charge in [-0.25, -0.2) is 4.68 Å². The van der Waals surface area contributed by atoms with Crippen LogP contribution < -0.4 is 0 Å². The van der Waals surface area contributed by atoms with E-state index < -0.39 is 0 Å². The van der Waals surface area contributed by atoms with Crippen LogP contribution >= 0.6 is 23.2 Å². The number of aliphatic hydroxyl groups is 1. The second kappa shape index (κ2) is 6.39. The van der Waals surface area contributed by atoms with Crippen LogP contribution in [0, 0.1) is 0 Å².